The number of hydrogen-bond donors (Lipinski definition) is 2. The van der Waals surface area contributed by atoms with Crippen LogP contribution in [0.1, 0.15) is 9.67 Å². The summed E-state index contributed by atoms with van der Waals surface area (Å²) in [5.41, 5.74) is 1.92. The molecular formula is C11H7BrF2N2O3S2. The third-order valence-corrected chi connectivity index (χ3v) is 5.16. The average Bonchev–Trinajstić information content (AvgIpc) is 2.85. The van der Waals surface area contributed by atoms with Crippen molar-refractivity contribution in [3.8, 4) is 0 Å². The Bertz CT molecular complexity index is 793. The maximum absolute atomic E-state index is 13.4. The van der Waals surface area contributed by atoms with Crippen molar-refractivity contribution in [3.05, 3.63) is 50.6 Å². The standard InChI is InChI=1S/C11H7BrF2N2O3S2/c12-10-4-3-8(20-10)11(17)15-16-21(18,19)9-5-6(13)1-2-7(9)14/h1-5,16H,(H,15,17). The number of sulfonamides is 1. The van der Waals surface area contributed by atoms with Gasteiger partial charge in [0.1, 0.15) is 16.5 Å². The molecule has 10 heteroatoms. The molecule has 2 N–H and O–H groups in total. The minimum absolute atomic E-state index is 0.240. The third kappa shape index (κ3) is 3.84. The fraction of sp³-hybridized carbons (Fsp3) is 0. The second kappa shape index (κ2) is 6.18. The van der Waals surface area contributed by atoms with Gasteiger partial charge in [0.05, 0.1) is 8.66 Å². The summed E-state index contributed by atoms with van der Waals surface area (Å²) in [5, 5.41) is 0. The Hall–Kier alpha value is -1.36. The van der Waals surface area contributed by atoms with E-state index in [0.29, 0.717) is 15.9 Å². The molecule has 0 aliphatic heterocycles. The lowest BCUT2D eigenvalue weighted by molar-refractivity contribution is 0.0949. The summed E-state index contributed by atoms with van der Waals surface area (Å²) in [4.78, 5) is 12.7. The van der Waals surface area contributed by atoms with Crippen molar-refractivity contribution < 1.29 is 22.0 Å². The highest BCUT2D eigenvalue weighted by atomic mass is 79.9. The normalized spacial score (nSPS) is 11.4. The van der Waals surface area contributed by atoms with Gasteiger partial charge in [0.2, 0.25) is 0 Å². The molecule has 0 radical (unpaired) electrons. The zero-order valence-corrected chi connectivity index (χ0v) is 13.3. The molecule has 0 aliphatic carbocycles. The maximum atomic E-state index is 13.4. The number of nitrogens with one attached hydrogen (secondary N) is 2. The van der Waals surface area contributed by atoms with Gasteiger partial charge in [-0.05, 0) is 46.3 Å². The molecule has 1 aromatic heterocycles. The van der Waals surface area contributed by atoms with Gasteiger partial charge < -0.3 is 0 Å². The summed E-state index contributed by atoms with van der Waals surface area (Å²) in [7, 11) is -4.41. The average molecular weight is 397 g/mol. The Kier molecular flexibility index (Phi) is 4.71. The lowest BCUT2D eigenvalue weighted by Gasteiger charge is -2.08. The molecule has 0 atom stereocenters. The van der Waals surface area contributed by atoms with E-state index in [1.54, 1.807) is 10.9 Å². The second-order valence-electron chi connectivity index (χ2n) is 3.74. The van der Waals surface area contributed by atoms with Gasteiger partial charge >= 0.3 is 0 Å². The molecule has 0 saturated carbocycles. The van der Waals surface area contributed by atoms with Crippen molar-refractivity contribution in [1.82, 2.24) is 10.3 Å². The van der Waals surface area contributed by atoms with E-state index in [1.807, 2.05) is 5.43 Å². The van der Waals surface area contributed by atoms with E-state index < -0.39 is 32.5 Å². The summed E-state index contributed by atoms with van der Waals surface area (Å²) in [6.45, 7) is 0. The van der Waals surface area contributed by atoms with Gasteiger partial charge in [0, 0.05) is 0 Å². The SMILES string of the molecule is O=C(NNS(=O)(=O)c1cc(F)ccc1F)c1ccc(Br)s1. The highest BCUT2D eigenvalue weighted by Crippen LogP contribution is 2.21. The van der Waals surface area contributed by atoms with Crippen molar-refractivity contribution >= 4 is 43.2 Å². The van der Waals surface area contributed by atoms with Gasteiger partial charge in [-0.25, -0.2) is 17.2 Å². The zero-order chi connectivity index (χ0) is 15.6. The van der Waals surface area contributed by atoms with Gasteiger partial charge in [0.25, 0.3) is 15.9 Å². The molecule has 1 aromatic carbocycles. The van der Waals surface area contributed by atoms with Gasteiger partial charge in [0.15, 0.2) is 0 Å². The van der Waals surface area contributed by atoms with Crippen molar-refractivity contribution in [2.45, 2.75) is 4.90 Å². The molecule has 0 spiro atoms. The van der Waals surface area contributed by atoms with E-state index >= 15 is 0 Å². The smallest absolute Gasteiger partial charge is 0.273 e. The molecule has 5 nitrogen and oxygen atoms in total. The lowest BCUT2D eigenvalue weighted by atomic mass is 10.3. The van der Waals surface area contributed by atoms with Crippen molar-refractivity contribution in [3.63, 3.8) is 0 Å². The molecule has 0 bridgehead atoms. The van der Waals surface area contributed by atoms with Crippen LogP contribution in [0.2, 0.25) is 0 Å². The first kappa shape index (κ1) is 16.0. The number of benzene rings is 1. The Morgan fingerprint density at radius 3 is 2.52 bits per heavy atom. The number of thiophene rings is 1. The fourth-order valence-corrected chi connectivity index (χ4v) is 3.56. The Balaban J connectivity index is 2.15. The first-order valence-electron chi connectivity index (χ1n) is 5.32. The van der Waals surface area contributed by atoms with E-state index in [-0.39, 0.29) is 4.88 Å². The number of amides is 1. The highest BCUT2D eigenvalue weighted by Gasteiger charge is 2.21. The molecule has 2 aromatic rings. The minimum atomic E-state index is -4.41. The molecule has 0 unspecified atom stereocenters. The number of carbonyl (C=O) groups is 1. The summed E-state index contributed by atoms with van der Waals surface area (Å²) in [6, 6.07) is 5.07. The quantitative estimate of drug-likeness (QED) is 0.779. The van der Waals surface area contributed by atoms with Crippen LogP contribution in [0, 0.1) is 11.6 Å². The maximum Gasteiger partial charge on any atom is 0.276 e. The van der Waals surface area contributed by atoms with E-state index in [4.69, 9.17) is 0 Å². The Morgan fingerprint density at radius 2 is 1.90 bits per heavy atom. The van der Waals surface area contributed by atoms with Crippen LogP contribution in [-0.4, -0.2) is 14.3 Å². The van der Waals surface area contributed by atoms with Crippen LogP contribution < -0.4 is 10.3 Å². The van der Waals surface area contributed by atoms with Crippen molar-refractivity contribution in [2.24, 2.45) is 0 Å². The lowest BCUT2D eigenvalue weighted by Crippen LogP contribution is -2.41. The fourth-order valence-electron chi connectivity index (χ4n) is 1.35. The van der Waals surface area contributed by atoms with Gasteiger partial charge in [-0.15, -0.1) is 16.2 Å². The molecule has 1 heterocycles. The van der Waals surface area contributed by atoms with E-state index in [0.717, 1.165) is 17.4 Å². The van der Waals surface area contributed by atoms with Crippen LogP contribution in [0.25, 0.3) is 0 Å². The molecule has 1 amide bonds. The van der Waals surface area contributed by atoms with Crippen molar-refractivity contribution in [1.29, 1.82) is 0 Å². The summed E-state index contributed by atoms with van der Waals surface area (Å²) < 4.78 is 50.7. The van der Waals surface area contributed by atoms with Crippen molar-refractivity contribution in [2.75, 3.05) is 0 Å². The molecule has 0 fully saturated rings. The second-order valence-corrected chi connectivity index (χ2v) is 7.85. The van der Waals surface area contributed by atoms with Crippen LogP contribution in [0.3, 0.4) is 0 Å². The first-order valence-corrected chi connectivity index (χ1v) is 8.41. The predicted molar refractivity (Wildman–Crippen MR) is 76.2 cm³/mol. The molecule has 112 valence electrons. The molecule has 2 rings (SSSR count). The number of carbonyl (C=O) groups excluding carboxylic acids is 1. The number of rotatable bonds is 4. The summed E-state index contributed by atoms with van der Waals surface area (Å²) in [6.07, 6.45) is 0. The van der Waals surface area contributed by atoms with E-state index in [2.05, 4.69) is 15.9 Å². The van der Waals surface area contributed by atoms with E-state index in [9.17, 15) is 22.0 Å². The van der Waals surface area contributed by atoms with Gasteiger partial charge in [-0.3, -0.25) is 10.2 Å². The zero-order valence-electron chi connectivity index (χ0n) is 10.1. The number of halogens is 3. The third-order valence-electron chi connectivity index (χ3n) is 2.28. The molecule has 0 aliphatic rings. The molecular weight excluding hydrogens is 390 g/mol. The van der Waals surface area contributed by atoms with Crippen LogP contribution >= 0.6 is 27.3 Å². The minimum Gasteiger partial charge on any atom is -0.273 e. The van der Waals surface area contributed by atoms with Gasteiger partial charge in [-0.2, -0.15) is 0 Å². The molecule has 0 saturated heterocycles. The topological polar surface area (TPSA) is 75.3 Å². The highest BCUT2D eigenvalue weighted by molar-refractivity contribution is 9.11. The van der Waals surface area contributed by atoms with Crippen LogP contribution in [-0.2, 0) is 10.0 Å². The monoisotopic (exact) mass is 396 g/mol. The predicted octanol–water partition coefficient (Wildman–Crippen LogP) is 2.41. The van der Waals surface area contributed by atoms with Crippen LogP contribution in [0.4, 0.5) is 8.78 Å². The summed E-state index contributed by atoms with van der Waals surface area (Å²) >= 11 is 4.24. The van der Waals surface area contributed by atoms with Gasteiger partial charge in [-0.1, -0.05) is 0 Å². The Morgan fingerprint density at radius 1 is 1.19 bits per heavy atom. The summed E-state index contributed by atoms with van der Waals surface area (Å²) in [5.74, 6) is -2.76. The first-order chi connectivity index (χ1) is 9.79. The Labute approximate surface area is 131 Å². The number of hydrazine groups is 1. The van der Waals surface area contributed by atoms with Crippen LogP contribution in [0.5, 0.6) is 0 Å². The number of hydrogen-bond acceptors (Lipinski definition) is 4. The van der Waals surface area contributed by atoms with Crippen LogP contribution in [0.15, 0.2) is 39.0 Å². The molecule has 21 heavy (non-hydrogen) atoms. The largest absolute Gasteiger partial charge is 0.276 e. The van der Waals surface area contributed by atoms with E-state index in [1.165, 1.54) is 6.07 Å².